The van der Waals surface area contributed by atoms with Gasteiger partial charge in [-0.2, -0.15) is 4.37 Å². The van der Waals surface area contributed by atoms with E-state index in [-0.39, 0.29) is 0 Å². The Bertz CT molecular complexity index is 552. The van der Waals surface area contributed by atoms with Crippen LogP contribution in [-0.4, -0.2) is 29.6 Å². The smallest absolute Gasteiger partial charge is 0.205 e. The molecule has 1 atom stereocenters. The highest BCUT2D eigenvalue weighted by Crippen LogP contribution is 2.33. The molecule has 0 N–H and O–H groups in total. The van der Waals surface area contributed by atoms with E-state index in [9.17, 15) is 0 Å². The molecule has 0 saturated carbocycles. The van der Waals surface area contributed by atoms with Crippen LogP contribution in [-0.2, 0) is 11.3 Å². The van der Waals surface area contributed by atoms with Crippen molar-refractivity contribution >= 4 is 28.0 Å². The second-order valence-electron chi connectivity index (χ2n) is 4.85. The van der Waals surface area contributed by atoms with Crippen LogP contribution in [0.4, 0.5) is 5.13 Å². The first-order valence-electron chi connectivity index (χ1n) is 6.38. The van der Waals surface area contributed by atoms with Gasteiger partial charge in [0.25, 0.3) is 0 Å². The normalized spacial score (nSPS) is 19.3. The zero-order chi connectivity index (χ0) is 13.2. The second-order valence-corrected chi connectivity index (χ2v) is 6.69. The molecule has 1 saturated heterocycles. The Balaban J connectivity index is 1.67. The van der Waals surface area contributed by atoms with E-state index in [2.05, 4.69) is 32.6 Å². The first-order valence-corrected chi connectivity index (χ1v) is 8.03. The van der Waals surface area contributed by atoms with Gasteiger partial charge in [0, 0.05) is 42.5 Å². The minimum absolute atomic E-state index is 0.498. The van der Waals surface area contributed by atoms with Crippen LogP contribution in [0.1, 0.15) is 28.6 Å². The van der Waals surface area contributed by atoms with Gasteiger partial charge < -0.3 is 9.64 Å². The van der Waals surface area contributed by atoms with Gasteiger partial charge in [-0.3, -0.25) is 0 Å². The lowest BCUT2D eigenvalue weighted by atomic mass is 10.0. The fraction of sp³-hybridized carbons (Fsp3) is 0.538. The minimum atomic E-state index is 0.498. The van der Waals surface area contributed by atoms with E-state index in [0.717, 1.165) is 24.0 Å². The number of aryl methyl sites for hydroxylation is 1. The van der Waals surface area contributed by atoms with Crippen LogP contribution >= 0.6 is 22.9 Å². The number of hydrogen-bond acceptors (Lipinski definition) is 6. The molecule has 2 aromatic heterocycles. The number of nitrogens with zero attached hydrogens (tertiary/aromatic N) is 3. The third-order valence-electron chi connectivity index (χ3n) is 3.41. The molecule has 0 aromatic carbocycles. The van der Waals surface area contributed by atoms with Gasteiger partial charge >= 0.3 is 0 Å². The number of methoxy groups -OCH3 is 1. The summed E-state index contributed by atoms with van der Waals surface area (Å²) < 4.78 is 9.38. The first-order chi connectivity index (χ1) is 9.26. The fourth-order valence-corrected chi connectivity index (χ4v) is 3.94. The lowest BCUT2D eigenvalue weighted by molar-refractivity contribution is 0.179. The Morgan fingerprint density at radius 3 is 3.16 bits per heavy atom. The molecule has 6 heteroatoms. The van der Waals surface area contributed by atoms with Crippen LogP contribution in [0, 0.1) is 6.92 Å². The van der Waals surface area contributed by atoms with Crippen LogP contribution in [0.2, 0.25) is 0 Å². The maximum atomic E-state index is 5.06. The van der Waals surface area contributed by atoms with Gasteiger partial charge in [-0.1, -0.05) is 0 Å². The summed E-state index contributed by atoms with van der Waals surface area (Å²) in [5.74, 6) is 1.43. The van der Waals surface area contributed by atoms with Gasteiger partial charge in [-0.05, 0) is 30.4 Å². The Morgan fingerprint density at radius 2 is 2.42 bits per heavy atom. The summed E-state index contributed by atoms with van der Waals surface area (Å²) in [4.78, 5) is 8.26. The molecule has 3 heterocycles. The summed E-state index contributed by atoms with van der Waals surface area (Å²) in [5.41, 5.74) is 1.48. The Kier molecular flexibility index (Phi) is 3.81. The number of thiophene rings is 1. The third-order valence-corrected chi connectivity index (χ3v) is 5.11. The van der Waals surface area contributed by atoms with Crippen molar-refractivity contribution in [2.45, 2.75) is 25.9 Å². The van der Waals surface area contributed by atoms with Crippen molar-refractivity contribution in [3.63, 3.8) is 0 Å². The molecule has 0 amide bonds. The summed E-state index contributed by atoms with van der Waals surface area (Å²) in [7, 11) is 1.67. The van der Waals surface area contributed by atoms with Gasteiger partial charge in [0.2, 0.25) is 5.13 Å². The lowest BCUT2D eigenvalue weighted by Crippen LogP contribution is -2.18. The van der Waals surface area contributed by atoms with Crippen molar-refractivity contribution in [2.75, 3.05) is 25.1 Å². The SMILES string of the molecule is COCc1nsc(N2CC[C@@H](c3csc(C)c3)C2)n1. The predicted octanol–water partition coefficient (Wildman–Crippen LogP) is 3.05. The monoisotopic (exact) mass is 295 g/mol. The summed E-state index contributed by atoms with van der Waals surface area (Å²) in [6.45, 7) is 4.79. The zero-order valence-electron chi connectivity index (χ0n) is 11.1. The van der Waals surface area contributed by atoms with Crippen LogP contribution in [0.5, 0.6) is 0 Å². The molecule has 0 radical (unpaired) electrons. The minimum Gasteiger partial charge on any atom is -0.377 e. The number of hydrogen-bond donors (Lipinski definition) is 0. The first kappa shape index (κ1) is 13.0. The Hall–Kier alpha value is -0.980. The molecule has 3 rings (SSSR count). The van der Waals surface area contributed by atoms with Gasteiger partial charge in [0.15, 0.2) is 5.82 Å². The summed E-state index contributed by atoms with van der Waals surface area (Å²) in [6, 6.07) is 2.31. The van der Waals surface area contributed by atoms with Crippen LogP contribution in [0.3, 0.4) is 0 Å². The van der Waals surface area contributed by atoms with E-state index < -0.39 is 0 Å². The van der Waals surface area contributed by atoms with Crippen LogP contribution < -0.4 is 4.90 Å². The van der Waals surface area contributed by atoms with Gasteiger partial charge in [0.1, 0.15) is 6.61 Å². The molecule has 1 aliphatic heterocycles. The van der Waals surface area contributed by atoms with E-state index in [1.807, 2.05) is 11.3 Å². The van der Waals surface area contributed by atoms with E-state index in [1.165, 1.54) is 28.4 Å². The summed E-state index contributed by atoms with van der Waals surface area (Å²) in [6.07, 6.45) is 1.20. The summed E-state index contributed by atoms with van der Waals surface area (Å²) in [5, 5.41) is 3.32. The average Bonchev–Trinajstić information content (AvgIpc) is 3.07. The predicted molar refractivity (Wildman–Crippen MR) is 79.2 cm³/mol. The topological polar surface area (TPSA) is 38.2 Å². The largest absolute Gasteiger partial charge is 0.377 e. The molecule has 1 fully saturated rings. The second kappa shape index (κ2) is 5.56. The van der Waals surface area contributed by atoms with Crippen LogP contribution in [0.25, 0.3) is 0 Å². The van der Waals surface area contributed by atoms with E-state index in [1.54, 1.807) is 7.11 Å². The Labute approximate surface area is 121 Å². The highest BCUT2D eigenvalue weighted by atomic mass is 32.1. The molecule has 102 valence electrons. The molecule has 0 spiro atoms. The van der Waals surface area contributed by atoms with E-state index in [0.29, 0.717) is 12.5 Å². The number of aromatic nitrogens is 2. The molecule has 0 unspecified atom stereocenters. The number of rotatable bonds is 4. The van der Waals surface area contributed by atoms with Gasteiger partial charge in [-0.15, -0.1) is 11.3 Å². The van der Waals surface area contributed by atoms with Crippen molar-refractivity contribution in [2.24, 2.45) is 0 Å². The van der Waals surface area contributed by atoms with Crippen molar-refractivity contribution in [3.05, 3.63) is 27.7 Å². The quantitative estimate of drug-likeness (QED) is 0.869. The van der Waals surface area contributed by atoms with E-state index >= 15 is 0 Å². The number of anilines is 1. The highest BCUT2D eigenvalue weighted by Gasteiger charge is 2.26. The average molecular weight is 295 g/mol. The summed E-state index contributed by atoms with van der Waals surface area (Å²) >= 11 is 3.32. The van der Waals surface area contributed by atoms with E-state index in [4.69, 9.17) is 4.74 Å². The molecule has 2 aromatic rings. The number of ether oxygens (including phenoxy) is 1. The highest BCUT2D eigenvalue weighted by molar-refractivity contribution is 7.10. The third kappa shape index (κ3) is 2.80. The van der Waals surface area contributed by atoms with Gasteiger partial charge in [0.05, 0.1) is 0 Å². The van der Waals surface area contributed by atoms with Crippen molar-refractivity contribution < 1.29 is 4.74 Å². The Morgan fingerprint density at radius 1 is 1.53 bits per heavy atom. The van der Waals surface area contributed by atoms with Crippen LogP contribution in [0.15, 0.2) is 11.4 Å². The maximum Gasteiger partial charge on any atom is 0.205 e. The molecule has 0 bridgehead atoms. The zero-order valence-corrected chi connectivity index (χ0v) is 12.8. The molecule has 0 aliphatic carbocycles. The van der Waals surface area contributed by atoms with Gasteiger partial charge in [-0.25, -0.2) is 4.98 Å². The van der Waals surface area contributed by atoms with Crippen molar-refractivity contribution in [1.29, 1.82) is 0 Å². The standard InChI is InChI=1S/C13H17N3OS2/c1-9-5-11(8-18-9)10-3-4-16(6-10)13-14-12(7-17-2)15-19-13/h5,8,10H,3-4,6-7H2,1-2H3/t10-/m1/s1. The molecular formula is C13H17N3OS2. The van der Waals surface area contributed by atoms with Crippen molar-refractivity contribution in [1.82, 2.24) is 9.36 Å². The molecular weight excluding hydrogens is 278 g/mol. The molecule has 19 heavy (non-hydrogen) atoms. The fourth-order valence-electron chi connectivity index (χ4n) is 2.44. The van der Waals surface area contributed by atoms with Crippen molar-refractivity contribution in [3.8, 4) is 0 Å². The molecule has 1 aliphatic rings. The lowest BCUT2D eigenvalue weighted by Gasteiger charge is -2.13. The molecule has 4 nitrogen and oxygen atoms in total. The maximum absolute atomic E-state index is 5.06.